The summed E-state index contributed by atoms with van der Waals surface area (Å²) >= 11 is 0. The van der Waals surface area contributed by atoms with E-state index < -0.39 is 12.1 Å². The van der Waals surface area contributed by atoms with Crippen LogP contribution in [0.5, 0.6) is 11.5 Å². The molecule has 6 nitrogen and oxygen atoms in total. The largest absolute Gasteiger partial charge is 0.490 e. The molecule has 0 radical (unpaired) electrons. The van der Waals surface area contributed by atoms with Crippen molar-refractivity contribution in [3.63, 3.8) is 0 Å². The highest BCUT2D eigenvalue weighted by Gasteiger charge is 2.34. The summed E-state index contributed by atoms with van der Waals surface area (Å²) in [6.45, 7) is 4.83. The number of fused-ring (bicyclic) bond motifs is 2. The number of amides is 1. The first-order valence-corrected chi connectivity index (χ1v) is 10.2. The number of esters is 1. The van der Waals surface area contributed by atoms with Crippen LogP contribution >= 0.6 is 0 Å². The summed E-state index contributed by atoms with van der Waals surface area (Å²) in [4.78, 5) is 26.9. The van der Waals surface area contributed by atoms with Crippen molar-refractivity contribution in [1.82, 2.24) is 0 Å². The van der Waals surface area contributed by atoms with Gasteiger partial charge in [-0.15, -0.1) is 0 Å². The monoisotopic (exact) mass is 407 g/mol. The van der Waals surface area contributed by atoms with E-state index in [4.69, 9.17) is 14.2 Å². The molecule has 0 saturated carbocycles. The van der Waals surface area contributed by atoms with E-state index in [0.717, 1.165) is 29.7 Å². The molecular formula is C24H25NO5. The fourth-order valence-corrected chi connectivity index (χ4v) is 3.81. The molecule has 2 aliphatic heterocycles. The van der Waals surface area contributed by atoms with E-state index in [-0.39, 0.29) is 11.9 Å². The molecule has 2 aromatic carbocycles. The van der Waals surface area contributed by atoms with E-state index in [0.29, 0.717) is 24.7 Å². The van der Waals surface area contributed by atoms with Crippen molar-refractivity contribution in [3.8, 4) is 11.5 Å². The highest BCUT2D eigenvalue weighted by molar-refractivity contribution is 6.00. The standard InChI is InChI=1S/C24H25NO5/c1-16-14-19-6-3-4-7-20(19)25(16)24(27)17(2)30-23(26)11-9-18-8-10-21-22(15-18)29-13-5-12-28-21/h3-4,6-11,15-17H,5,12-14H2,1-2H3/b11-9+/t16-,17+/m1/s1. The Bertz CT molecular complexity index is 983. The zero-order valence-corrected chi connectivity index (χ0v) is 17.2. The van der Waals surface area contributed by atoms with Gasteiger partial charge in [0.15, 0.2) is 17.6 Å². The van der Waals surface area contributed by atoms with Crippen LogP contribution in [0.2, 0.25) is 0 Å². The number of rotatable bonds is 4. The van der Waals surface area contributed by atoms with Gasteiger partial charge in [0.25, 0.3) is 5.91 Å². The average Bonchev–Trinajstić information content (AvgIpc) is 2.91. The molecule has 2 heterocycles. The number of hydrogen-bond donors (Lipinski definition) is 0. The number of carbonyl (C=O) groups excluding carboxylic acids is 2. The molecule has 0 bridgehead atoms. The Morgan fingerprint density at radius 3 is 2.73 bits per heavy atom. The lowest BCUT2D eigenvalue weighted by atomic mass is 10.1. The van der Waals surface area contributed by atoms with Gasteiger partial charge in [0, 0.05) is 24.2 Å². The van der Waals surface area contributed by atoms with Gasteiger partial charge in [-0.1, -0.05) is 24.3 Å². The molecule has 2 atom stereocenters. The SMILES string of the molecule is C[C@H](OC(=O)/C=C/c1ccc2c(c1)OCCCO2)C(=O)N1c2ccccc2C[C@H]1C. The Labute approximate surface area is 176 Å². The lowest BCUT2D eigenvalue weighted by Crippen LogP contribution is -2.43. The quantitative estimate of drug-likeness (QED) is 0.570. The molecular weight excluding hydrogens is 382 g/mol. The summed E-state index contributed by atoms with van der Waals surface area (Å²) < 4.78 is 16.6. The van der Waals surface area contributed by atoms with Gasteiger partial charge in [0.05, 0.1) is 13.2 Å². The molecule has 156 valence electrons. The second-order valence-corrected chi connectivity index (χ2v) is 7.56. The van der Waals surface area contributed by atoms with Crippen LogP contribution < -0.4 is 14.4 Å². The number of benzene rings is 2. The highest BCUT2D eigenvalue weighted by Crippen LogP contribution is 2.33. The molecule has 6 heteroatoms. The third-order valence-corrected chi connectivity index (χ3v) is 5.27. The van der Waals surface area contributed by atoms with Gasteiger partial charge in [-0.05, 0) is 55.7 Å². The molecule has 0 saturated heterocycles. The van der Waals surface area contributed by atoms with E-state index >= 15 is 0 Å². The third-order valence-electron chi connectivity index (χ3n) is 5.27. The number of ether oxygens (including phenoxy) is 3. The molecule has 2 aromatic rings. The van der Waals surface area contributed by atoms with Gasteiger partial charge < -0.3 is 19.1 Å². The summed E-state index contributed by atoms with van der Waals surface area (Å²) in [6, 6.07) is 13.3. The second-order valence-electron chi connectivity index (χ2n) is 7.56. The van der Waals surface area contributed by atoms with Gasteiger partial charge in [0.1, 0.15) is 0 Å². The summed E-state index contributed by atoms with van der Waals surface area (Å²) in [5.74, 6) is 0.576. The van der Waals surface area contributed by atoms with E-state index in [1.54, 1.807) is 17.9 Å². The van der Waals surface area contributed by atoms with Crippen LogP contribution in [0.4, 0.5) is 5.69 Å². The first-order chi connectivity index (χ1) is 14.5. The summed E-state index contributed by atoms with van der Waals surface area (Å²) in [5, 5.41) is 0. The van der Waals surface area contributed by atoms with Crippen molar-refractivity contribution in [2.45, 2.75) is 38.8 Å². The number of nitrogens with zero attached hydrogens (tertiary/aromatic N) is 1. The number of para-hydroxylation sites is 1. The predicted molar refractivity (Wildman–Crippen MR) is 114 cm³/mol. The second kappa shape index (κ2) is 8.61. The lowest BCUT2D eigenvalue weighted by Gasteiger charge is -2.25. The van der Waals surface area contributed by atoms with Crippen molar-refractivity contribution in [3.05, 3.63) is 59.7 Å². The van der Waals surface area contributed by atoms with Crippen LogP contribution in [0.15, 0.2) is 48.5 Å². The van der Waals surface area contributed by atoms with Gasteiger partial charge in [-0.25, -0.2) is 4.79 Å². The van der Waals surface area contributed by atoms with Gasteiger partial charge in [-0.3, -0.25) is 4.79 Å². The molecule has 0 unspecified atom stereocenters. The van der Waals surface area contributed by atoms with Crippen LogP contribution in [-0.4, -0.2) is 37.2 Å². The van der Waals surface area contributed by atoms with Gasteiger partial charge in [-0.2, -0.15) is 0 Å². The van der Waals surface area contributed by atoms with Gasteiger partial charge in [0.2, 0.25) is 0 Å². The number of anilines is 1. The van der Waals surface area contributed by atoms with E-state index in [1.807, 2.05) is 49.4 Å². The van der Waals surface area contributed by atoms with Crippen molar-refractivity contribution in [2.24, 2.45) is 0 Å². The molecule has 30 heavy (non-hydrogen) atoms. The Hall–Kier alpha value is -3.28. The van der Waals surface area contributed by atoms with Crippen molar-refractivity contribution in [1.29, 1.82) is 0 Å². The summed E-state index contributed by atoms with van der Waals surface area (Å²) in [5.41, 5.74) is 2.81. The smallest absolute Gasteiger partial charge is 0.331 e. The highest BCUT2D eigenvalue weighted by atomic mass is 16.5. The normalized spacial score (nSPS) is 18.6. The number of carbonyl (C=O) groups is 2. The first-order valence-electron chi connectivity index (χ1n) is 10.2. The minimum absolute atomic E-state index is 0.0355. The van der Waals surface area contributed by atoms with E-state index in [1.165, 1.54) is 6.08 Å². The molecule has 2 aliphatic rings. The molecule has 0 aromatic heterocycles. The predicted octanol–water partition coefficient (Wildman–Crippen LogP) is 3.77. The van der Waals surface area contributed by atoms with E-state index in [2.05, 4.69) is 0 Å². The molecule has 0 fully saturated rings. The zero-order valence-electron chi connectivity index (χ0n) is 17.2. The Morgan fingerprint density at radius 1 is 1.13 bits per heavy atom. The van der Waals surface area contributed by atoms with Gasteiger partial charge >= 0.3 is 5.97 Å². The Kier molecular flexibility index (Phi) is 5.74. The zero-order chi connectivity index (χ0) is 21.1. The minimum atomic E-state index is -0.875. The fraction of sp³-hybridized carbons (Fsp3) is 0.333. The average molecular weight is 407 g/mol. The third kappa shape index (κ3) is 4.17. The van der Waals surface area contributed by atoms with Crippen molar-refractivity contribution >= 4 is 23.6 Å². The molecule has 0 spiro atoms. The van der Waals surface area contributed by atoms with E-state index in [9.17, 15) is 9.59 Å². The maximum absolute atomic E-state index is 12.9. The molecule has 0 N–H and O–H groups in total. The van der Waals surface area contributed by atoms with Crippen molar-refractivity contribution in [2.75, 3.05) is 18.1 Å². The first kappa shape index (κ1) is 20.0. The van der Waals surface area contributed by atoms with Crippen molar-refractivity contribution < 1.29 is 23.8 Å². The lowest BCUT2D eigenvalue weighted by molar-refractivity contribution is -0.149. The maximum atomic E-state index is 12.9. The van der Waals surface area contributed by atoms with Crippen LogP contribution in [0.3, 0.4) is 0 Å². The number of hydrogen-bond acceptors (Lipinski definition) is 5. The minimum Gasteiger partial charge on any atom is -0.490 e. The summed E-state index contributed by atoms with van der Waals surface area (Å²) in [6.07, 6.45) is 3.72. The fourth-order valence-electron chi connectivity index (χ4n) is 3.81. The molecule has 0 aliphatic carbocycles. The Morgan fingerprint density at radius 2 is 1.90 bits per heavy atom. The maximum Gasteiger partial charge on any atom is 0.331 e. The summed E-state index contributed by atoms with van der Waals surface area (Å²) in [7, 11) is 0. The van der Waals surface area contributed by atoms with Crippen LogP contribution in [-0.2, 0) is 20.7 Å². The topological polar surface area (TPSA) is 65.1 Å². The molecule has 1 amide bonds. The van der Waals surface area contributed by atoms with Crippen LogP contribution in [0.1, 0.15) is 31.4 Å². The van der Waals surface area contributed by atoms with Crippen LogP contribution in [0.25, 0.3) is 6.08 Å². The van der Waals surface area contributed by atoms with Crippen LogP contribution in [0, 0.1) is 0 Å². The molecule has 4 rings (SSSR count). The Balaban J connectivity index is 1.39.